The second-order valence-electron chi connectivity index (χ2n) is 5.88. The molecule has 0 unspecified atom stereocenters. The van der Waals surface area contributed by atoms with Gasteiger partial charge in [0, 0.05) is 19.4 Å². The Kier molecular flexibility index (Phi) is 5.24. The minimum Gasteiger partial charge on any atom is -0.356 e. The van der Waals surface area contributed by atoms with E-state index in [-0.39, 0.29) is 18.3 Å². The Morgan fingerprint density at radius 3 is 2.25 bits per heavy atom. The number of amides is 3. The maximum absolute atomic E-state index is 11.5. The van der Waals surface area contributed by atoms with Crippen LogP contribution in [-0.4, -0.2) is 35.3 Å². The average Bonchev–Trinajstić information content (AvgIpc) is 2.58. The van der Waals surface area contributed by atoms with Gasteiger partial charge in [-0.25, -0.2) is 4.79 Å². The fourth-order valence-corrected chi connectivity index (χ4v) is 1.56. The van der Waals surface area contributed by atoms with Crippen LogP contribution in [0.2, 0.25) is 0 Å². The van der Waals surface area contributed by atoms with Crippen molar-refractivity contribution in [2.75, 3.05) is 6.54 Å². The molecule has 1 aliphatic heterocycles. The van der Waals surface area contributed by atoms with Crippen molar-refractivity contribution in [3.63, 3.8) is 0 Å². The third-order valence-electron chi connectivity index (χ3n) is 2.70. The summed E-state index contributed by atoms with van der Waals surface area (Å²) in [5.41, 5.74) is 0.0855. The normalized spacial score (nSPS) is 15.4. The van der Waals surface area contributed by atoms with E-state index in [2.05, 4.69) is 10.2 Å². The van der Waals surface area contributed by atoms with E-state index < -0.39 is 30.1 Å². The number of imide groups is 1. The second kappa shape index (κ2) is 6.49. The van der Waals surface area contributed by atoms with Crippen LogP contribution in [0.25, 0.3) is 0 Å². The summed E-state index contributed by atoms with van der Waals surface area (Å²) < 4.78 is 0. The van der Waals surface area contributed by atoms with E-state index in [1.165, 1.54) is 0 Å². The lowest BCUT2D eigenvalue weighted by atomic mass is 9.92. The zero-order valence-electron chi connectivity index (χ0n) is 12.0. The summed E-state index contributed by atoms with van der Waals surface area (Å²) in [4.78, 5) is 49.9. The molecule has 1 saturated heterocycles. The molecule has 3 amide bonds. The van der Waals surface area contributed by atoms with Crippen molar-refractivity contribution in [3.8, 4) is 0 Å². The van der Waals surface area contributed by atoms with Gasteiger partial charge in [0.25, 0.3) is 11.8 Å². The van der Waals surface area contributed by atoms with Gasteiger partial charge in [0.15, 0.2) is 0 Å². The molecule has 112 valence electrons. The molecule has 1 heterocycles. The van der Waals surface area contributed by atoms with Crippen LogP contribution in [0.1, 0.15) is 46.5 Å². The quantitative estimate of drug-likeness (QED) is 0.587. The predicted molar refractivity (Wildman–Crippen MR) is 68.9 cm³/mol. The molecule has 0 spiro atoms. The molecule has 0 aromatic heterocycles. The summed E-state index contributed by atoms with van der Waals surface area (Å²) in [6.45, 7) is 6.57. The van der Waals surface area contributed by atoms with Gasteiger partial charge < -0.3 is 10.2 Å². The van der Waals surface area contributed by atoms with Gasteiger partial charge in [0.05, 0.1) is 0 Å². The van der Waals surface area contributed by atoms with Crippen LogP contribution in [0.3, 0.4) is 0 Å². The third kappa shape index (κ3) is 5.38. The minimum absolute atomic E-state index is 0.0316. The number of hydrogen-bond donors (Lipinski definition) is 1. The average molecular weight is 284 g/mol. The highest BCUT2D eigenvalue weighted by atomic mass is 16.7. The third-order valence-corrected chi connectivity index (χ3v) is 2.70. The summed E-state index contributed by atoms with van der Waals surface area (Å²) >= 11 is 0. The Hall–Kier alpha value is -1.92. The number of carbonyl (C=O) groups excluding carboxylic acids is 4. The van der Waals surface area contributed by atoms with E-state index in [1.54, 1.807) is 0 Å². The number of nitrogens with zero attached hydrogens (tertiary/aromatic N) is 1. The smallest absolute Gasteiger partial charge is 0.342 e. The Morgan fingerprint density at radius 1 is 1.20 bits per heavy atom. The lowest BCUT2D eigenvalue weighted by Crippen LogP contribution is -2.35. The van der Waals surface area contributed by atoms with Gasteiger partial charge in [0.2, 0.25) is 5.91 Å². The molecule has 0 bridgehead atoms. The molecule has 7 nitrogen and oxygen atoms in total. The van der Waals surface area contributed by atoms with Crippen LogP contribution < -0.4 is 5.32 Å². The largest absolute Gasteiger partial charge is 0.356 e. The van der Waals surface area contributed by atoms with E-state index in [0.717, 1.165) is 6.42 Å². The molecule has 7 heteroatoms. The molecule has 1 rings (SSSR count). The summed E-state index contributed by atoms with van der Waals surface area (Å²) in [5.74, 6) is -2.52. The Balaban J connectivity index is 2.30. The van der Waals surface area contributed by atoms with Crippen LogP contribution >= 0.6 is 0 Å². The van der Waals surface area contributed by atoms with Crippen molar-refractivity contribution in [2.24, 2.45) is 5.41 Å². The molecule has 20 heavy (non-hydrogen) atoms. The molecule has 0 aromatic rings. The molecule has 1 N–H and O–H groups in total. The summed E-state index contributed by atoms with van der Waals surface area (Å²) in [7, 11) is 0. The molecule has 0 radical (unpaired) electrons. The highest BCUT2D eigenvalue weighted by Gasteiger charge is 2.33. The van der Waals surface area contributed by atoms with Gasteiger partial charge in [-0.05, 0) is 11.8 Å². The van der Waals surface area contributed by atoms with Crippen molar-refractivity contribution in [1.29, 1.82) is 0 Å². The lowest BCUT2D eigenvalue weighted by molar-refractivity contribution is -0.197. The van der Waals surface area contributed by atoms with Gasteiger partial charge >= 0.3 is 5.97 Å². The molecular weight excluding hydrogens is 264 g/mol. The Labute approximate surface area is 117 Å². The van der Waals surface area contributed by atoms with E-state index in [9.17, 15) is 19.2 Å². The zero-order valence-corrected chi connectivity index (χ0v) is 12.0. The van der Waals surface area contributed by atoms with E-state index in [1.807, 2.05) is 20.8 Å². The van der Waals surface area contributed by atoms with Gasteiger partial charge in [0.1, 0.15) is 6.42 Å². The van der Waals surface area contributed by atoms with Crippen LogP contribution in [0.15, 0.2) is 0 Å². The number of rotatable bonds is 5. The first-order valence-electron chi connectivity index (χ1n) is 6.52. The SMILES string of the molecule is CC(C)(C)CCNC(=O)CC(=O)ON1C(=O)CCC1=O. The van der Waals surface area contributed by atoms with Gasteiger partial charge in [-0.2, -0.15) is 0 Å². The molecule has 0 aliphatic carbocycles. The topological polar surface area (TPSA) is 92.8 Å². The van der Waals surface area contributed by atoms with Crippen molar-refractivity contribution >= 4 is 23.7 Å². The van der Waals surface area contributed by atoms with Crippen LogP contribution in [-0.2, 0) is 24.0 Å². The predicted octanol–water partition coefficient (Wildman–Crippen LogP) is 0.536. The standard InChI is InChI=1S/C13H20N2O5/c1-13(2,3)6-7-14-9(16)8-12(19)20-15-10(17)4-5-11(15)18/h4-8H2,1-3H3,(H,14,16). The number of carbonyl (C=O) groups is 4. The van der Waals surface area contributed by atoms with Crippen LogP contribution in [0.4, 0.5) is 0 Å². The number of hydroxylamine groups is 2. The highest BCUT2D eigenvalue weighted by molar-refractivity contribution is 6.02. The van der Waals surface area contributed by atoms with E-state index in [4.69, 9.17) is 0 Å². The fraction of sp³-hybridized carbons (Fsp3) is 0.692. The van der Waals surface area contributed by atoms with Crippen LogP contribution in [0.5, 0.6) is 0 Å². The number of nitrogens with one attached hydrogen (secondary N) is 1. The highest BCUT2D eigenvalue weighted by Crippen LogP contribution is 2.17. The fourth-order valence-electron chi connectivity index (χ4n) is 1.56. The van der Waals surface area contributed by atoms with Gasteiger partial charge in [-0.1, -0.05) is 20.8 Å². The van der Waals surface area contributed by atoms with Gasteiger partial charge in [-0.15, -0.1) is 5.06 Å². The molecular formula is C13H20N2O5. The Morgan fingerprint density at radius 2 is 1.75 bits per heavy atom. The van der Waals surface area contributed by atoms with Crippen LogP contribution in [0, 0.1) is 5.41 Å². The van der Waals surface area contributed by atoms with E-state index in [0.29, 0.717) is 11.6 Å². The lowest BCUT2D eigenvalue weighted by Gasteiger charge is -2.18. The molecule has 0 saturated carbocycles. The van der Waals surface area contributed by atoms with Crippen molar-refractivity contribution < 1.29 is 24.0 Å². The zero-order chi connectivity index (χ0) is 15.3. The Bertz CT molecular complexity index is 409. The van der Waals surface area contributed by atoms with E-state index >= 15 is 0 Å². The van der Waals surface area contributed by atoms with Gasteiger partial charge in [-0.3, -0.25) is 14.4 Å². The number of hydrogen-bond acceptors (Lipinski definition) is 5. The first-order chi connectivity index (χ1) is 9.19. The van der Waals surface area contributed by atoms with Crippen molar-refractivity contribution in [1.82, 2.24) is 10.4 Å². The molecule has 1 fully saturated rings. The van der Waals surface area contributed by atoms with Crippen molar-refractivity contribution in [3.05, 3.63) is 0 Å². The first-order valence-corrected chi connectivity index (χ1v) is 6.52. The monoisotopic (exact) mass is 284 g/mol. The molecule has 0 atom stereocenters. The van der Waals surface area contributed by atoms with Crippen molar-refractivity contribution in [2.45, 2.75) is 46.5 Å². The first kappa shape index (κ1) is 16.1. The molecule has 0 aromatic carbocycles. The summed E-state index contributed by atoms with van der Waals surface area (Å²) in [6.07, 6.45) is 0.325. The molecule has 1 aliphatic rings. The second-order valence-corrected chi connectivity index (χ2v) is 5.88. The minimum atomic E-state index is -0.915. The summed E-state index contributed by atoms with van der Waals surface area (Å²) in [6, 6.07) is 0. The maximum Gasteiger partial charge on any atom is 0.342 e. The maximum atomic E-state index is 11.5. The summed E-state index contributed by atoms with van der Waals surface area (Å²) in [5, 5.41) is 3.02.